The molecule has 0 aliphatic heterocycles. The van der Waals surface area contributed by atoms with Crippen molar-refractivity contribution in [3.63, 3.8) is 0 Å². The molecule has 1 saturated carbocycles. The zero-order chi connectivity index (χ0) is 43.6. The Balaban J connectivity index is 2.54. The van der Waals surface area contributed by atoms with Crippen LogP contribution in [0.1, 0.15) is 168 Å². The molecule has 1 aliphatic rings. The van der Waals surface area contributed by atoms with Gasteiger partial charge in [0.15, 0.2) is 6.10 Å². The third kappa shape index (κ3) is 28.1. The maximum Gasteiger partial charge on any atom is 0.472 e. The number of phosphoric acid groups is 1. The standard InChI is InChI=1S/C45H79O13P/c1-3-5-7-9-11-13-15-17-19-21-23-25-27-29-31-33-38(46)55-35-37(36-56-59(53,54)58-45-43(51)41(49)40(48)42(50)44(45)52)57-39(47)34-32-30-28-26-24-22-20-18-16-14-12-10-8-6-4-2/h14,16,18,20,27,29,31,33,37,40-45,48-52H,3-13,15,17,19,21-26,28,30,32,34-36H2,1-2H3,(H,53,54)/b16-14+,20-18+,29-27+,33-31+/t37-,40?,41-,42?,43?,44?,45?/m1/s1. The van der Waals surface area contributed by atoms with Crippen LogP contribution >= 0.6 is 7.82 Å². The van der Waals surface area contributed by atoms with Crippen LogP contribution in [0.15, 0.2) is 48.6 Å². The van der Waals surface area contributed by atoms with Crippen molar-refractivity contribution in [3.8, 4) is 0 Å². The zero-order valence-corrected chi connectivity index (χ0v) is 36.9. The van der Waals surface area contributed by atoms with Crippen molar-refractivity contribution >= 4 is 19.8 Å². The predicted molar refractivity (Wildman–Crippen MR) is 230 cm³/mol. The van der Waals surface area contributed by atoms with E-state index in [4.69, 9.17) is 18.5 Å². The van der Waals surface area contributed by atoms with E-state index in [2.05, 4.69) is 38.2 Å². The lowest BCUT2D eigenvalue weighted by Crippen LogP contribution is -2.64. The van der Waals surface area contributed by atoms with Gasteiger partial charge in [0.25, 0.3) is 0 Å². The van der Waals surface area contributed by atoms with Gasteiger partial charge in [0.2, 0.25) is 0 Å². The fourth-order valence-corrected chi connectivity index (χ4v) is 7.58. The first kappa shape index (κ1) is 54.8. The molecular weight excluding hydrogens is 779 g/mol. The summed E-state index contributed by atoms with van der Waals surface area (Å²) in [5, 5.41) is 50.1. The number of esters is 2. The molecule has 1 fully saturated rings. The fraction of sp³-hybridized carbons (Fsp3) is 0.778. The van der Waals surface area contributed by atoms with E-state index in [1.807, 2.05) is 6.08 Å². The van der Waals surface area contributed by atoms with Gasteiger partial charge in [-0.2, -0.15) is 0 Å². The van der Waals surface area contributed by atoms with Crippen LogP contribution < -0.4 is 0 Å². The second kappa shape index (κ2) is 35.4. The number of allylic oxidation sites excluding steroid dienone is 7. The summed E-state index contributed by atoms with van der Waals surface area (Å²) in [6.07, 6.45) is 28.0. The van der Waals surface area contributed by atoms with Crippen LogP contribution in [0, 0.1) is 0 Å². The first-order chi connectivity index (χ1) is 28.4. The molecule has 0 saturated heterocycles. The van der Waals surface area contributed by atoms with Gasteiger partial charge in [-0.1, -0.05) is 159 Å². The Hall–Kier alpha value is -2.19. The zero-order valence-electron chi connectivity index (χ0n) is 36.0. The number of rotatable bonds is 36. The van der Waals surface area contributed by atoms with Gasteiger partial charge in [-0.25, -0.2) is 9.36 Å². The van der Waals surface area contributed by atoms with Crippen molar-refractivity contribution in [2.45, 2.75) is 211 Å². The van der Waals surface area contributed by atoms with Crippen LogP contribution in [-0.2, 0) is 32.7 Å². The summed E-state index contributed by atoms with van der Waals surface area (Å²) in [7, 11) is -5.14. The molecule has 1 aliphatic carbocycles. The molecule has 0 aromatic carbocycles. The Morgan fingerprint density at radius 3 is 1.46 bits per heavy atom. The van der Waals surface area contributed by atoms with Gasteiger partial charge in [0.05, 0.1) is 6.61 Å². The summed E-state index contributed by atoms with van der Waals surface area (Å²) >= 11 is 0. The maximum absolute atomic E-state index is 12.8. The first-order valence-corrected chi connectivity index (χ1v) is 24.0. The van der Waals surface area contributed by atoms with Gasteiger partial charge in [-0.3, -0.25) is 13.8 Å². The summed E-state index contributed by atoms with van der Waals surface area (Å²) in [5.41, 5.74) is 0. The second-order valence-electron chi connectivity index (χ2n) is 15.7. The molecule has 6 N–H and O–H groups in total. The van der Waals surface area contributed by atoms with Gasteiger partial charge >= 0.3 is 19.8 Å². The Bertz CT molecular complexity index is 1220. The summed E-state index contributed by atoms with van der Waals surface area (Å²) in [4.78, 5) is 35.5. The van der Waals surface area contributed by atoms with Crippen LogP contribution in [-0.4, -0.2) is 98.3 Å². The average molecular weight is 859 g/mol. The summed E-state index contributed by atoms with van der Waals surface area (Å²) in [5.74, 6) is -1.37. The molecule has 14 heteroatoms. The number of aliphatic hydroxyl groups excluding tert-OH is 5. The van der Waals surface area contributed by atoms with E-state index in [1.54, 1.807) is 12.2 Å². The number of unbranched alkanes of at least 4 members (excludes halogenated alkanes) is 20. The largest absolute Gasteiger partial charge is 0.472 e. The Labute approximate surface area is 354 Å². The summed E-state index contributed by atoms with van der Waals surface area (Å²) < 4.78 is 33.3. The molecule has 0 radical (unpaired) electrons. The highest BCUT2D eigenvalue weighted by molar-refractivity contribution is 7.47. The van der Waals surface area contributed by atoms with E-state index in [1.165, 1.54) is 89.5 Å². The van der Waals surface area contributed by atoms with E-state index < -0.39 is 75.7 Å². The van der Waals surface area contributed by atoms with E-state index in [-0.39, 0.29) is 6.42 Å². The van der Waals surface area contributed by atoms with Crippen molar-refractivity contribution < 1.29 is 63.1 Å². The van der Waals surface area contributed by atoms with Crippen LogP contribution in [0.5, 0.6) is 0 Å². The lowest BCUT2D eigenvalue weighted by atomic mass is 9.85. The smallest absolute Gasteiger partial charge is 0.458 e. The fourth-order valence-electron chi connectivity index (χ4n) is 6.60. The van der Waals surface area contributed by atoms with Gasteiger partial charge in [0.1, 0.15) is 43.2 Å². The van der Waals surface area contributed by atoms with Crippen LogP contribution in [0.25, 0.3) is 0 Å². The number of hydrogen-bond acceptors (Lipinski definition) is 12. The molecule has 0 aromatic rings. The minimum absolute atomic E-state index is 0.0586. The second-order valence-corrected chi connectivity index (χ2v) is 17.1. The third-order valence-electron chi connectivity index (χ3n) is 10.3. The van der Waals surface area contributed by atoms with Gasteiger partial charge in [-0.15, -0.1) is 0 Å². The molecule has 59 heavy (non-hydrogen) atoms. The molecule has 1 rings (SSSR count). The van der Waals surface area contributed by atoms with Crippen molar-refractivity contribution in [1.82, 2.24) is 0 Å². The summed E-state index contributed by atoms with van der Waals surface area (Å²) in [6, 6.07) is 0. The number of hydrogen-bond donors (Lipinski definition) is 6. The number of ether oxygens (including phenoxy) is 2. The highest BCUT2D eigenvalue weighted by Crippen LogP contribution is 2.47. The predicted octanol–water partition coefficient (Wildman–Crippen LogP) is 8.39. The van der Waals surface area contributed by atoms with Gasteiger partial charge in [0, 0.05) is 12.5 Å². The number of aliphatic hydroxyl groups is 5. The minimum atomic E-state index is -5.14. The van der Waals surface area contributed by atoms with Crippen LogP contribution in [0.4, 0.5) is 0 Å². The lowest BCUT2D eigenvalue weighted by molar-refractivity contribution is -0.220. The van der Waals surface area contributed by atoms with Crippen LogP contribution in [0.3, 0.4) is 0 Å². The Morgan fingerprint density at radius 2 is 0.966 bits per heavy atom. The molecule has 0 spiro atoms. The maximum atomic E-state index is 12.8. The van der Waals surface area contributed by atoms with Crippen molar-refractivity contribution in [3.05, 3.63) is 48.6 Å². The third-order valence-corrected chi connectivity index (χ3v) is 11.3. The average Bonchev–Trinajstić information content (AvgIpc) is 3.21. The van der Waals surface area contributed by atoms with Crippen molar-refractivity contribution in [2.75, 3.05) is 13.2 Å². The molecule has 0 heterocycles. The Morgan fingerprint density at radius 1 is 0.559 bits per heavy atom. The van der Waals surface area contributed by atoms with E-state index in [0.29, 0.717) is 6.42 Å². The lowest BCUT2D eigenvalue weighted by Gasteiger charge is -2.41. The summed E-state index contributed by atoms with van der Waals surface area (Å²) in [6.45, 7) is 3.15. The normalized spacial score (nSPS) is 22.8. The highest BCUT2D eigenvalue weighted by atomic mass is 31.2. The quantitative estimate of drug-likeness (QED) is 0.0115. The highest BCUT2D eigenvalue weighted by Gasteiger charge is 2.51. The molecule has 6 unspecified atom stereocenters. The number of carbonyl (C=O) groups is 2. The van der Waals surface area contributed by atoms with E-state index in [0.717, 1.165) is 57.8 Å². The molecule has 342 valence electrons. The van der Waals surface area contributed by atoms with Crippen molar-refractivity contribution in [2.24, 2.45) is 0 Å². The molecular formula is C45H79O13P. The van der Waals surface area contributed by atoms with E-state index >= 15 is 0 Å². The topological polar surface area (TPSA) is 210 Å². The molecule has 0 amide bonds. The molecule has 8 atom stereocenters. The molecule has 0 bridgehead atoms. The van der Waals surface area contributed by atoms with Gasteiger partial charge in [-0.05, 0) is 44.9 Å². The van der Waals surface area contributed by atoms with E-state index in [9.17, 15) is 44.6 Å². The minimum Gasteiger partial charge on any atom is -0.458 e. The SMILES string of the molecule is CCCCCC/C=C/C=C/CCCCCCCC(=O)O[C@H](COC(=O)/C=C/C=C/CCCCCCCCCCCCC)COP(=O)(O)OC1C(O)C(O)C(O)[C@@H](O)C1O. The first-order valence-electron chi connectivity index (χ1n) is 22.5. The molecule has 13 nitrogen and oxygen atoms in total. The Kier molecular flexibility index (Phi) is 32.9. The number of phosphoric ester groups is 1. The van der Waals surface area contributed by atoms with Crippen molar-refractivity contribution in [1.29, 1.82) is 0 Å². The van der Waals surface area contributed by atoms with Crippen LogP contribution in [0.2, 0.25) is 0 Å². The molecule has 0 aromatic heterocycles. The monoisotopic (exact) mass is 859 g/mol. The van der Waals surface area contributed by atoms with Gasteiger partial charge < -0.3 is 39.9 Å². The number of carbonyl (C=O) groups excluding carboxylic acids is 2.